The lowest BCUT2D eigenvalue weighted by atomic mass is 10.1. The fourth-order valence-electron chi connectivity index (χ4n) is 3.21. The highest BCUT2D eigenvalue weighted by Crippen LogP contribution is 2.22. The van der Waals surface area contributed by atoms with Gasteiger partial charge >= 0.3 is 0 Å². The van der Waals surface area contributed by atoms with Gasteiger partial charge in [0.05, 0.1) is 6.42 Å². The monoisotopic (exact) mass is 332 g/mol. The van der Waals surface area contributed by atoms with E-state index in [9.17, 15) is 4.79 Å². The first-order valence-electron chi connectivity index (χ1n) is 8.68. The van der Waals surface area contributed by atoms with Gasteiger partial charge in [-0.15, -0.1) is 6.58 Å². The summed E-state index contributed by atoms with van der Waals surface area (Å²) < 4.78 is 0. The van der Waals surface area contributed by atoms with Crippen molar-refractivity contribution in [2.24, 2.45) is 0 Å². The summed E-state index contributed by atoms with van der Waals surface area (Å²) in [5.74, 6) is 0.142. The van der Waals surface area contributed by atoms with Crippen LogP contribution in [-0.2, 0) is 17.6 Å². The van der Waals surface area contributed by atoms with E-state index in [-0.39, 0.29) is 5.91 Å². The maximum atomic E-state index is 12.9. The van der Waals surface area contributed by atoms with Gasteiger partial charge in [0.15, 0.2) is 0 Å². The number of para-hydroxylation sites is 1. The van der Waals surface area contributed by atoms with Crippen molar-refractivity contribution < 1.29 is 4.79 Å². The molecule has 3 rings (SSSR count). The normalized spacial score (nSPS) is 10.8. The SMILES string of the molecule is C=CCN(CCc1ccccc1)C(=O)Cc1c(C)[nH]c2ccccc12. The third-order valence-corrected chi connectivity index (χ3v) is 4.57. The zero-order valence-electron chi connectivity index (χ0n) is 14.7. The Balaban J connectivity index is 1.73. The van der Waals surface area contributed by atoms with Crippen molar-refractivity contribution >= 4 is 16.8 Å². The van der Waals surface area contributed by atoms with Crippen molar-refractivity contribution in [3.63, 3.8) is 0 Å². The van der Waals surface area contributed by atoms with E-state index >= 15 is 0 Å². The molecule has 0 fully saturated rings. The number of carbonyl (C=O) groups is 1. The molecule has 0 aliphatic carbocycles. The second-order valence-corrected chi connectivity index (χ2v) is 6.31. The van der Waals surface area contributed by atoms with Gasteiger partial charge < -0.3 is 9.88 Å². The molecule has 0 radical (unpaired) electrons. The number of nitrogens with zero attached hydrogens (tertiary/aromatic N) is 1. The summed E-state index contributed by atoms with van der Waals surface area (Å²) in [4.78, 5) is 18.1. The maximum absolute atomic E-state index is 12.9. The number of hydrogen-bond acceptors (Lipinski definition) is 1. The van der Waals surface area contributed by atoms with Gasteiger partial charge in [-0.3, -0.25) is 4.79 Å². The molecule has 1 amide bonds. The molecule has 0 aliphatic rings. The lowest BCUT2D eigenvalue weighted by molar-refractivity contribution is -0.129. The van der Waals surface area contributed by atoms with E-state index in [0.29, 0.717) is 19.5 Å². The van der Waals surface area contributed by atoms with Gasteiger partial charge in [0.2, 0.25) is 5.91 Å². The minimum atomic E-state index is 0.142. The van der Waals surface area contributed by atoms with Gasteiger partial charge in [0, 0.05) is 29.7 Å². The standard InChI is InChI=1S/C22H24N2O/c1-3-14-24(15-13-18-9-5-4-6-10-18)22(25)16-20-17(2)23-21-12-8-7-11-19(20)21/h3-12,23H,1,13-16H2,2H3. The van der Waals surface area contributed by atoms with E-state index < -0.39 is 0 Å². The van der Waals surface area contributed by atoms with Crippen LogP contribution in [0, 0.1) is 6.92 Å². The van der Waals surface area contributed by atoms with Crippen LogP contribution in [0.1, 0.15) is 16.8 Å². The average Bonchev–Trinajstić information content (AvgIpc) is 2.95. The zero-order valence-corrected chi connectivity index (χ0v) is 14.7. The van der Waals surface area contributed by atoms with Gasteiger partial charge in [-0.1, -0.05) is 54.6 Å². The summed E-state index contributed by atoms with van der Waals surface area (Å²) in [6.45, 7) is 7.12. The van der Waals surface area contributed by atoms with Crippen LogP contribution >= 0.6 is 0 Å². The molecule has 1 heterocycles. The molecule has 0 saturated carbocycles. The predicted octanol–water partition coefficient (Wildman–Crippen LogP) is 4.28. The molecular weight excluding hydrogens is 308 g/mol. The van der Waals surface area contributed by atoms with Crippen LogP contribution in [0.2, 0.25) is 0 Å². The van der Waals surface area contributed by atoms with Crippen molar-refractivity contribution in [1.82, 2.24) is 9.88 Å². The van der Waals surface area contributed by atoms with E-state index in [1.54, 1.807) is 6.08 Å². The van der Waals surface area contributed by atoms with E-state index in [4.69, 9.17) is 0 Å². The smallest absolute Gasteiger partial charge is 0.227 e. The van der Waals surface area contributed by atoms with Crippen LogP contribution in [0.4, 0.5) is 0 Å². The van der Waals surface area contributed by atoms with Crippen molar-refractivity contribution in [3.8, 4) is 0 Å². The Morgan fingerprint density at radius 1 is 1.12 bits per heavy atom. The van der Waals surface area contributed by atoms with Crippen molar-refractivity contribution in [3.05, 3.63) is 84.1 Å². The van der Waals surface area contributed by atoms with Crippen LogP contribution in [-0.4, -0.2) is 28.9 Å². The predicted molar refractivity (Wildman–Crippen MR) is 104 cm³/mol. The molecule has 1 aromatic heterocycles. The van der Waals surface area contributed by atoms with E-state index in [1.807, 2.05) is 48.2 Å². The Kier molecular flexibility index (Phi) is 5.34. The Morgan fingerprint density at radius 2 is 1.84 bits per heavy atom. The highest BCUT2D eigenvalue weighted by Gasteiger charge is 2.17. The molecule has 2 aromatic carbocycles. The summed E-state index contributed by atoms with van der Waals surface area (Å²) in [6.07, 6.45) is 3.07. The summed E-state index contributed by atoms with van der Waals surface area (Å²) in [5, 5.41) is 1.13. The van der Waals surface area contributed by atoms with Crippen LogP contribution in [0.25, 0.3) is 10.9 Å². The van der Waals surface area contributed by atoms with Crippen LogP contribution in [0.15, 0.2) is 67.3 Å². The molecule has 1 N–H and O–H groups in total. The Labute approximate surface area is 149 Å². The largest absolute Gasteiger partial charge is 0.358 e. The van der Waals surface area contributed by atoms with Gasteiger partial charge in [0.25, 0.3) is 0 Å². The number of H-pyrrole nitrogens is 1. The number of rotatable bonds is 7. The molecule has 0 aliphatic heterocycles. The molecule has 3 nitrogen and oxygen atoms in total. The van der Waals surface area contributed by atoms with E-state index in [0.717, 1.165) is 28.6 Å². The fraction of sp³-hybridized carbons (Fsp3) is 0.227. The van der Waals surface area contributed by atoms with Crippen molar-refractivity contribution in [2.45, 2.75) is 19.8 Å². The molecule has 0 bridgehead atoms. The Hall–Kier alpha value is -2.81. The maximum Gasteiger partial charge on any atom is 0.227 e. The topological polar surface area (TPSA) is 36.1 Å². The molecule has 3 heteroatoms. The summed E-state index contributed by atoms with van der Waals surface area (Å²) >= 11 is 0. The molecule has 0 atom stereocenters. The molecular formula is C22H24N2O. The second-order valence-electron chi connectivity index (χ2n) is 6.31. The van der Waals surface area contributed by atoms with Gasteiger partial charge in [0.1, 0.15) is 0 Å². The summed E-state index contributed by atoms with van der Waals surface area (Å²) in [7, 11) is 0. The molecule has 0 spiro atoms. The molecule has 25 heavy (non-hydrogen) atoms. The number of aromatic amines is 1. The fourth-order valence-corrected chi connectivity index (χ4v) is 3.21. The third-order valence-electron chi connectivity index (χ3n) is 4.57. The van der Waals surface area contributed by atoms with Gasteiger partial charge in [-0.05, 0) is 30.5 Å². The number of benzene rings is 2. The lowest BCUT2D eigenvalue weighted by Crippen LogP contribution is -2.34. The average molecular weight is 332 g/mol. The first-order chi connectivity index (χ1) is 12.2. The number of amides is 1. The lowest BCUT2D eigenvalue weighted by Gasteiger charge is -2.21. The number of aromatic nitrogens is 1. The minimum Gasteiger partial charge on any atom is -0.358 e. The highest BCUT2D eigenvalue weighted by molar-refractivity contribution is 5.90. The summed E-state index contributed by atoms with van der Waals surface area (Å²) in [6, 6.07) is 18.4. The van der Waals surface area contributed by atoms with E-state index in [1.165, 1.54) is 5.56 Å². The van der Waals surface area contributed by atoms with Gasteiger partial charge in [-0.25, -0.2) is 0 Å². The van der Waals surface area contributed by atoms with Crippen LogP contribution in [0.3, 0.4) is 0 Å². The van der Waals surface area contributed by atoms with Crippen LogP contribution < -0.4 is 0 Å². The highest BCUT2D eigenvalue weighted by atomic mass is 16.2. The number of hydrogen-bond donors (Lipinski definition) is 1. The minimum absolute atomic E-state index is 0.142. The second kappa shape index (κ2) is 7.84. The van der Waals surface area contributed by atoms with Crippen molar-refractivity contribution in [2.75, 3.05) is 13.1 Å². The quantitative estimate of drug-likeness (QED) is 0.644. The Bertz CT molecular complexity index is 864. The number of fused-ring (bicyclic) bond motifs is 1. The zero-order chi connectivity index (χ0) is 17.6. The number of nitrogens with one attached hydrogen (secondary N) is 1. The summed E-state index contributed by atoms with van der Waals surface area (Å²) in [5.41, 5.74) is 4.49. The first-order valence-corrected chi connectivity index (χ1v) is 8.68. The Morgan fingerprint density at radius 3 is 2.60 bits per heavy atom. The van der Waals surface area contributed by atoms with Crippen LogP contribution in [0.5, 0.6) is 0 Å². The number of aryl methyl sites for hydroxylation is 1. The molecule has 3 aromatic rings. The molecule has 0 saturated heterocycles. The third kappa shape index (κ3) is 4.00. The first kappa shape index (κ1) is 17.0. The molecule has 128 valence electrons. The van der Waals surface area contributed by atoms with Crippen molar-refractivity contribution in [1.29, 1.82) is 0 Å². The number of carbonyl (C=O) groups excluding carboxylic acids is 1. The molecule has 0 unspecified atom stereocenters. The van der Waals surface area contributed by atoms with E-state index in [2.05, 4.69) is 29.8 Å². The van der Waals surface area contributed by atoms with Gasteiger partial charge in [-0.2, -0.15) is 0 Å².